The second-order valence-corrected chi connectivity index (χ2v) is 6.03. The Morgan fingerprint density at radius 2 is 2.13 bits per heavy atom. The molecule has 0 spiro atoms. The molecule has 3 aromatic rings. The Morgan fingerprint density at radius 3 is 2.91 bits per heavy atom. The summed E-state index contributed by atoms with van der Waals surface area (Å²) in [6.07, 6.45) is 1.94. The number of aryl methyl sites for hydroxylation is 2. The van der Waals surface area contributed by atoms with Gasteiger partial charge < -0.3 is 9.26 Å². The lowest BCUT2D eigenvalue weighted by molar-refractivity contribution is 0.192. The average molecular weight is 309 g/mol. The van der Waals surface area contributed by atoms with Gasteiger partial charge in [-0.1, -0.05) is 18.1 Å². The zero-order valence-corrected chi connectivity index (χ0v) is 13.4. The summed E-state index contributed by atoms with van der Waals surface area (Å²) in [6, 6.07) is 8.37. The number of hydrogen-bond acceptors (Lipinski definition) is 5. The van der Waals surface area contributed by atoms with Gasteiger partial charge in [-0.2, -0.15) is 4.98 Å². The SMILES string of the molecule is CCc1ccc2nc(C)cc(-c3nc([C@@H]4CCOC4)no3)c2c1. The predicted molar refractivity (Wildman–Crippen MR) is 87.3 cm³/mol. The van der Waals surface area contributed by atoms with E-state index in [9.17, 15) is 0 Å². The average Bonchev–Trinajstić information content (AvgIpc) is 3.24. The fourth-order valence-corrected chi connectivity index (χ4v) is 3.05. The molecule has 1 aliphatic rings. The topological polar surface area (TPSA) is 61.0 Å². The van der Waals surface area contributed by atoms with Crippen LogP contribution >= 0.6 is 0 Å². The normalized spacial score (nSPS) is 17.9. The Kier molecular flexibility index (Phi) is 3.58. The Balaban J connectivity index is 1.83. The van der Waals surface area contributed by atoms with Gasteiger partial charge in [-0.3, -0.25) is 4.98 Å². The molecule has 0 unspecified atom stereocenters. The molecule has 4 rings (SSSR count). The van der Waals surface area contributed by atoms with Crippen LogP contribution in [0, 0.1) is 6.92 Å². The van der Waals surface area contributed by atoms with Crippen molar-refractivity contribution in [2.75, 3.05) is 13.2 Å². The van der Waals surface area contributed by atoms with E-state index in [1.807, 2.05) is 13.0 Å². The Morgan fingerprint density at radius 1 is 1.22 bits per heavy atom. The number of fused-ring (bicyclic) bond motifs is 1. The van der Waals surface area contributed by atoms with E-state index >= 15 is 0 Å². The highest BCUT2D eigenvalue weighted by atomic mass is 16.5. The van der Waals surface area contributed by atoms with Crippen molar-refractivity contribution in [3.8, 4) is 11.5 Å². The minimum atomic E-state index is 0.243. The number of aromatic nitrogens is 3. The molecule has 0 aliphatic carbocycles. The molecule has 1 atom stereocenters. The highest BCUT2D eigenvalue weighted by Crippen LogP contribution is 2.30. The first-order chi connectivity index (χ1) is 11.2. The van der Waals surface area contributed by atoms with E-state index in [1.165, 1.54) is 5.56 Å². The van der Waals surface area contributed by atoms with Crippen LogP contribution < -0.4 is 0 Å². The third-order valence-electron chi connectivity index (χ3n) is 4.38. The van der Waals surface area contributed by atoms with Crippen molar-refractivity contribution in [3.05, 3.63) is 41.3 Å². The van der Waals surface area contributed by atoms with Crippen LogP contribution in [0.25, 0.3) is 22.4 Å². The van der Waals surface area contributed by atoms with Crippen LogP contribution in [0.4, 0.5) is 0 Å². The van der Waals surface area contributed by atoms with E-state index in [4.69, 9.17) is 9.26 Å². The third kappa shape index (κ3) is 2.61. The Hall–Kier alpha value is -2.27. The molecule has 23 heavy (non-hydrogen) atoms. The van der Waals surface area contributed by atoms with Crippen molar-refractivity contribution in [3.63, 3.8) is 0 Å². The fourth-order valence-electron chi connectivity index (χ4n) is 3.05. The molecule has 1 fully saturated rings. The number of pyridine rings is 1. The van der Waals surface area contributed by atoms with E-state index in [0.29, 0.717) is 12.5 Å². The number of hydrogen-bond donors (Lipinski definition) is 0. The van der Waals surface area contributed by atoms with Crippen LogP contribution in [-0.2, 0) is 11.2 Å². The minimum Gasteiger partial charge on any atom is -0.381 e. The summed E-state index contributed by atoms with van der Waals surface area (Å²) in [5, 5.41) is 5.23. The first-order valence-electron chi connectivity index (χ1n) is 8.06. The molecule has 118 valence electrons. The Bertz CT molecular complexity index is 851. The number of benzene rings is 1. The van der Waals surface area contributed by atoms with Gasteiger partial charge in [0.15, 0.2) is 5.82 Å². The summed E-state index contributed by atoms with van der Waals surface area (Å²) in [6.45, 7) is 5.58. The van der Waals surface area contributed by atoms with Crippen LogP contribution in [0.1, 0.15) is 36.3 Å². The van der Waals surface area contributed by atoms with Gasteiger partial charge >= 0.3 is 0 Å². The molecule has 0 amide bonds. The highest BCUT2D eigenvalue weighted by molar-refractivity contribution is 5.93. The predicted octanol–water partition coefficient (Wildman–Crippen LogP) is 3.66. The van der Waals surface area contributed by atoms with Crippen LogP contribution in [0.5, 0.6) is 0 Å². The summed E-state index contributed by atoms with van der Waals surface area (Å²) in [4.78, 5) is 9.24. The zero-order valence-electron chi connectivity index (χ0n) is 13.4. The molecular formula is C18H19N3O2. The highest BCUT2D eigenvalue weighted by Gasteiger charge is 2.24. The second-order valence-electron chi connectivity index (χ2n) is 6.03. The van der Waals surface area contributed by atoms with Crippen molar-refractivity contribution in [1.82, 2.24) is 15.1 Å². The van der Waals surface area contributed by atoms with Gasteiger partial charge in [-0.25, -0.2) is 0 Å². The molecule has 0 bridgehead atoms. The largest absolute Gasteiger partial charge is 0.381 e. The number of nitrogens with zero attached hydrogens (tertiary/aromatic N) is 3. The lowest BCUT2D eigenvalue weighted by atomic mass is 10.0. The summed E-state index contributed by atoms with van der Waals surface area (Å²) in [7, 11) is 0. The van der Waals surface area contributed by atoms with Gasteiger partial charge in [0.2, 0.25) is 0 Å². The van der Waals surface area contributed by atoms with Crippen LogP contribution in [0.2, 0.25) is 0 Å². The van der Waals surface area contributed by atoms with Gasteiger partial charge in [0, 0.05) is 23.6 Å². The first kappa shape index (κ1) is 14.3. The summed E-state index contributed by atoms with van der Waals surface area (Å²) < 4.78 is 11.0. The number of rotatable bonds is 3. The Labute approximate surface area is 134 Å². The smallest absolute Gasteiger partial charge is 0.258 e. The van der Waals surface area contributed by atoms with Crippen molar-refractivity contribution >= 4 is 10.9 Å². The maximum Gasteiger partial charge on any atom is 0.258 e. The van der Waals surface area contributed by atoms with Gasteiger partial charge in [-0.15, -0.1) is 0 Å². The molecule has 2 aromatic heterocycles. The summed E-state index contributed by atoms with van der Waals surface area (Å²) in [5.74, 6) is 1.55. The lowest BCUT2D eigenvalue weighted by Gasteiger charge is -2.06. The molecule has 1 aliphatic heterocycles. The van der Waals surface area contributed by atoms with Crippen molar-refractivity contribution in [2.24, 2.45) is 0 Å². The zero-order chi connectivity index (χ0) is 15.8. The van der Waals surface area contributed by atoms with Gasteiger partial charge in [-0.05, 0) is 43.5 Å². The van der Waals surface area contributed by atoms with Crippen molar-refractivity contribution in [2.45, 2.75) is 32.6 Å². The maximum atomic E-state index is 5.56. The fraction of sp³-hybridized carbons (Fsp3) is 0.389. The second kappa shape index (κ2) is 5.74. The van der Waals surface area contributed by atoms with E-state index in [1.54, 1.807) is 0 Å². The lowest BCUT2D eigenvalue weighted by Crippen LogP contribution is -1.99. The molecule has 1 aromatic carbocycles. The summed E-state index contributed by atoms with van der Waals surface area (Å²) >= 11 is 0. The molecule has 1 saturated heterocycles. The molecule has 5 heteroatoms. The monoisotopic (exact) mass is 309 g/mol. The van der Waals surface area contributed by atoms with E-state index < -0.39 is 0 Å². The van der Waals surface area contributed by atoms with E-state index in [-0.39, 0.29) is 5.92 Å². The van der Waals surface area contributed by atoms with Gasteiger partial charge in [0.1, 0.15) is 0 Å². The quantitative estimate of drug-likeness (QED) is 0.739. The maximum absolute atomic E-state index is 5.56. The first-order valence-corrected chi connectivity index (χ1v) is 8.06. The molecule has 0 saturated carbocycles. The van der Waals surface area contributed by atoms with Crippen LogP contribution in [0.15, 0.2) is 28.8 Å². The summed E-state index contributed by atoms with van der Waals surface area (Å²) in [5.41, 5.74) is 4.13. The van der Waals surface area contributed by atoms with Crippen molar-refractivity contribution in [1.29, 1.82) is 0 Å². The molecular weight excluding hydrogens is 290 g/mol. The molecule has 0 radical (unpaired) electrons. The minimum absolute atomic E-state index is 0.243. The standard InChI is InChI=1S/C18H19N3O2/c1-3-12-4-5-16-14(9-12)15(8-11(2)19-16)18-20-17(21-23-18)13-6-7-22-10-13/h4-5,8-9,13H,3,6-7,10H2,1-2H3/t13-/m1/s1. The van der Waals surface area contributed by atoms with Gasteiger partial charge in [0.05, 0.1) is 17.7 Å². The number of ether oxygens (including phenoxy) is 1. The van der Waals surface area contributed by atoms with Crippen LogP contribution in [0.3, 0.4) is 0 Å². The van der Waals surface area contributed by atoms with E-state index in [0.717, 1.165) is 47.4 Å². The van der Waals surface area contributed by atoms with Gasteiger partial charge in [0.25, 0.3) is 5.89 Å². The molecule has 3 heterocycles. The van der Waals surface area contributed by atoms with E-state index in [2.05, 4.69) is 40.2 Å². The molecule has 0 N–H and O–H groups in total. The third-order valence-corrected chi connectivity index (χ3v) is 4.38. The van der Waals surface area contributed by atoms with Crippen molar-refractivity contribution < 1.29 is 9.26 Å². The molecule has 5 nitrogen and oxygen atoms in total. The van der Waals surface area contributed by atoms with Crippen LogP contribution in [-0.4, -0.2) is 28.3 Å².